The average Bonchev–Trinajstić information content (AvgIpc) is 2.91. The Morgan fingerprint density at radius 2 is 2.27 bits per heavy atom. The fraction of sp³-hybridized carbons (Fsp3) is 0.231. The van der Waals surface area contributed by atoms with Gasteiger partial charge in [-0.15, -0.1) is 10.2 Å². The predicted molar refractivity (Wildman–Crippen MR) is 85.6 cm³/mol. The lowest BCUT2D eigenvalue weighted by molar-refractivity contribution is -0.120. The topological polar surface area (TPSA) is 110 Å². The van der Waals surface area contributed by atoms with E-state index < -0.39 is 0 Å². The quantitative estimate of drug-likeness (QED) is 0.729. The molecular weight excluding hydrogens is 322 g/mol. The molecule has 4 N–H and O–H groups in total. The summed E-state index contributed by atoms with van der Waals surface area (Å²) in [6.45, 7) is 0. The van der Waals surface area contributed by atoms with Crippen LogP contribution in [0.25, 0.3) is 0 Å². The average molecular weight is 335 g/mol. The number of hydrogen-bond acceptors (Lipinski definition) is 7. The smallest absolute Gasteiger partial charge is 0.230 e. The van der Waals surface area contributed by atoms with Gasteiger partial charge in [0.1, 0.15) is 0 Å². The normalized spacial score (nSPS) is 16.7. The van der Waals surface area contributed by atoms with E-state index in [1.54, 1.807) is 0 Å². The first-order valence-electron chi connectivity index (χ1n) is 6.52. The zero-order valence-electron chi connectivity index (χ0n) is 11.4. The molecule has 2 amide bonds. The van der Waals surface area contributed by atoms with Crippen molar-refractivity contribution in [1.82, 2.24) is 15.5 Å². The number of nitrogens with zero attached hydrogens (tertiary/aromatic N) is 2. The Morgan fingerprint density at radius 1 is 1.45 bits per heavy atom. The second-order valence-corrected chi connectivity index (χ2v) is 6.89. The SMILES string of the molecule is Nc1nnc(SCC(=O)NC2CC(=O)Nc3ccccc32)s1. The van der Waals surface area contributed by atoms with Crippen molar-refractivity contribution in [3.05, 3.63) is 29.8 Å². The number of carbonyl (C=O) groups excluding carboxylic acids is 2. The molecule has 0 aliphatic carbocycles. The monoisotopic (exact) mass is 335 g/mol. The molecule has 2 aromatic rings. The fourth-order valence-electron chi connectivity index (χ4n) is 2.18. The number of thioether (sulfide) groups is 1. The zero-order chi connectivity index (χ0) is 15.5. The van der Waals surface area contributed by atoms with Crippen molar-refractivity contribution in [3.63, 3.8) is 0 Å². The molecule has 9 heteroatoms. The summed E-state index contributed by atoms with van der Waals surface area (Å²) < 4.78 is 0.648. The summed E-state index contributed by atoms with van der Waals surface area (Å²) in [5.74, 6) is -0.0589. The van der Waals surface area contributed by atoms with Crippen molar-refractivity contribution < 1.29 is 9.59 Å². The van der Waals surface area contributed by atoms with Crippen LogP contribution in [-0.2, 0) is 9.59 Å². The van der Waals surface area contributed by atoms with Crippen LogP contribution in [0.2, 0.25) is 0 Å². The molecule has 1 aromatic heterocycles. The highest BCUT2D eigenvalue weighted by Crippen LogP contribution is 2.30. The van der Waals surface area contributed by atoms with Gasteiger partial charge >= 0.3 is 0 Å². The Labute approximate surface area is 134 Å². The molecule has 7 nitrogen and oxygen atoms in total. The predicted octanol–water partition coefficient (Wildman–Crippen LogP) is 1.41. The number of benzene rings is 1. The maximum absolute atomic E-state index is 12.1. The zero-order valence-corrected chi connectivity index (χ0v) is 13.0. The lowest BCUT2D eigenvalue weighted by Crippen LogP contribution is -2.35. The molecule has 0 fully saturated rings. The number of aromatic nitrogens is 2. The van der Waals surface area contributed by atoms with Crippen LogP contribution in [-0.4, -0.2) is 27.8 Å². The van der Waals surface area contributed by atoms with E-state index in [0.717, 1.165) is 11.3 Å². The number of nitrogens with one attached hydrogen (secondary N) is 2. The summed E-state index contributed by atoms with van der Waals surface area (Å²) in [7, 11) is 0. The summed E-state index contributed by atoms with van der Waals surface area (Å²) in [6.07, 6.45) is 0.235. The Morgan fingerprint density at radius 3 is 3.05 bits per heavy atom. The molecule has 22 heavy (non-hydrogen) atoms. The van der Waals surface area contributed by atoms with Crippen LogP contribution < -0.4 is 16.4 Å². The van der Waals surface area contributed by atoms with E-state index in [1.165, 1.54) is 23.1 Å². The van der Waals surface area contributed by atoms with Gasteiger partial charge in [-0.3, -0.25) is 9.59 Å². The van der Waals surface area contributed by atoms with Crippen LogP contribution in [0.5, 0.6) is 0 Å². The van der Waals surface area contributed by atoms with Crippen LogP contribution in [0.1, 0.15) is 18.0 Å². The molecule has 1 aromatic carbocycles. The highest BCUT2D eigenvalue weighted by Gasteiger charge is 2.26. The van der Waals surface area contributed by atoms with Crippen molar-refractivity contribution in [2.45, 2.75) is 16.8 Å². The van der Waals surface area contributed by atoms with E-state index in [2.05, 4.69) is 20.8 Å². The van der Waals surface area contributed by atoms with E-state index in [-0.39, 0.29) is 30.0 Å². The number of para-hydroxylation sites is 1. The Kier molecular flexibility index (Phi) is 4.25. The highest BCUT2D eigenvalue weighted by atomic mass is 32.2. The van der Waals surface area contributed by atoms with Gasteiger partial charge in [-0.1, -0.05) is 41.3 Å². The van der Waals surface area contributed by atoms with Crippen LogP contribution in [0.3, 0.4) is 0 Å². The second-order valence-electron chi connectivity index (χ2n) is 4.65. The van der Waals surface area contributed by atoms with Gasteiger partial charge in [0.15, 0.2) is 4.34 Å². The summed E-state index contributed by atoms with van der Waals surface area (Å²) in [5.41, 5.74) is 7.15. The first-order valence-corrected chi connectivity index (χ1v) is 8.32. The maximum Gasteiger partial charge on any atom is 0.230 e. The number of amides is 2. The van der Waals surface area contributed by atoms with Crippen molar-refractivity contribution in [2.75, 3.05) is 16.8 Å². The van der Waals surface area contributed by atoms with E-state index >= 15 is 0 Å². The minimum absolute atomic E-state index is 0.103. The summed E-state index contributed by atoms with van der Waals surface area (Å²) >= 11 is 2.51. The molecule has 0 saturated heterocycles. The van der Waals surface area contributed by atoms with Gasteiger partial charge in [0.2, 0.25) is 16.9 Å². The number of nitrogen functional groups attached to an aromatic ring is 1. The van der Waals surface area contributed by atoms with Gasteiger partial charge in [0.25, 0.3) is 0 Å². The van der Waals surface area contributed by atoms with Crippen molar-refractivity contribution in [1.29, 1.82) is 0 Å². The van der Waals surface area contributed by atoms with Crippen LogP contribution >= 0.6 is 23.1 Å². The first kappa shape index (κ1) is 14.8. The van der Waals surface area contributed by atoms with E-state index in [1.807, 2.05) is 24.3 Å². The van der Waals surface area contributed by atoms with Crippen LogP contribution in [0, 0.1) is 0 Å². The molecule has 0 radical (unpaired) electrons. The largest absolute Gasteiger partial charge is 0.374 e. The molecule has 114 valence electrons. The van der Waals surface area contributed by atoms with Gasteiger partial charge in [0, 0.05) is 5.69 Å². The lowest BCUT2D eigenvalue weighted by atomic mass is 9.97. The van der Waals surface area contributed by atoms with E-state index in [0.29, 0.717) is 9.47 Å². The molecule has 0 bridgehead atoms. The standard InChI is InChI=1S/C13H13N5O2S2/c14-12-17-18-13(22-12)21-6-11(20)16-9-5-10(19)15-8-4-2-1-3-7(8)9/h1-4,9H,5-6H2,(H2,14,17)(H,15,19)(H,16,20). The molecule has 0 spiro atoms. The summed E-state index contributed by atoms with van der Waals surface area (Å²) in [4.78, 5) is 23.8. The number of rotatable bonds is 4. The third-order valence-electron chi connectivity index (χ3n) is 3.08. The molecule has 1 unspecified atom stereocenters. The third kappa shape index (κ3) is 3.37. The Bertz CT molecular complexity index is 718. The molecule has 2 heterocycles. The number of carbonyl (C=O) groups is 2. The van der Waals surface area contributed by atoms with Crippen LogP contribution in [0.15, 0.2) is 28.6 Å². The van der Waals surface area contributed by atoms with Crippen molar-refractivity contribution in [3.8, 4) is 0 Å². The fourth-order valence-corrected chi connectivity index (χ4v) is 3.63. The molecule has 3 rings (SSSR count). The van der Waals surface area contributed by atoms with Gasteiger partial charge in [-0.2, -0.15) is 0 Å². The van der Waals surface area contributed by atoms with Gasteiger partial charge in [0.05, 0.1) is 18.2 Å². The van der Waals surface area contributed by atoms with Gasteiger partial charge in [-0.05, 0) is 11.6 Å². The minimum Gasteiger partial charge on any atom is -0.374 e. The highest BCUT2D eigenvalue weighted by molar-refractivity contribution is 8.01. The molecule has 1 aliphatic heterocycles. The summed E-state index contributed by atoms with van der Waals surface area (Å²) in [5, 5.41) is 13.6. The van der Waals surface area contributed by atoms with Gasteiger partial charge in [-0.25, -0.2) is 0 Å². The van der Waals surface area contributed by atoms with E-state index in [9.17, 15) is 9.59 Å². The molecule has 0 saturated carbocycles. The maximum atomic E-state index is 12.1. The molecule has 1 atom stereocenters. The Balaban J connectivity index is 1.63. The number of fused-ring (bicyclic) bond motifs is 1. The second kappa shape index (κ2) is 6.32. The van der Waals surface area contributed by atoms with Crippen molar-refractivity contribution >= 4 is 45.7 Å². The minimum atomic E-state index is -0.308. The lowest BCUT2D eigenvalue weighted by Gasteiger charge is -2.26. The molecular formula is C13H13N5O2S2. The van der Waals surface area contributed by atoms with E-state index in [4.69, 9.17) is 5.73 Å². The number of hydrogen-bond donors (Lipinski definition) is 3. The van der Waals surface area contributed by atoms with Crippen LogP contribution in [0.4, 0.5) is 10.8 Å². The van der Waals surface area contributed by atoms with Gasteiger partial charge < -0.3 is 16.4 Å². The Hall–Kier alpha value is -2.13. The number of nitrogens with two attached hydrogens (primary N) is 1. The first-order chi connectivity index (χ1) is 10.6. The third-order valence-corrected chi connectivity index (χ3v) is 4.97. The molecule has 1 aliphatic rings. The number of anilines is 2. The van der Waals surface area contributed by atoms with Crippen molar-refractivity contribution in [2.24, 2.45) is 0 Å². The summed E-state index contributed by atoms with van der Waals surface area (Å²) in [6, 6.07) is 7.15.